The molecule has 16 heavy (non-hydrogen) atoms. The Labute approximate surface area is 94.0 Å². The fourth-order valence-corrected chi connectivity index (χ4v) is 3.92. The molecule has 3 aliphatic carbocycles. The molecule has 84 valence electrons. The van der Waals surface area contributed by atoms with E-state index in [2.05, 4.69) is 11.4 Å². The van der Waals surface area contributed by atoms with E-state index >= 15 is 0 Å². The summed E-state index contributed by atoms with van der Waals surface area (Å²) in [6.45, 7) is 0. The zero-order valence-electron chi connectivity index (χ0n) is 8.98. The normalized spacial score (nSPS) is 45.8. The molecule has 1 saturated heterocycles. The van der Waals surface area contributed by atoms with Crippen LogP contribution in [0.15, 0.2) is 0 Å². The Morgan fingerprint density at radius 2 is 1.94 bits per heavy atom. The lowest BCUT2D eigenvalue weighted by Crippen LogP contribution is -2.39. The predicted octanol–water partition coefficient (Wildman–Crippen LogP) is 0.835. The molecule has 1 aliphatic heterocycles. The van der Waals surface area contributed by atoms with Crippen LogP contribution >= 0.6 is 0 Å². The molecule has 2 amide bonds. The lowest BCUT2D eigenvalue weighted by molar-refractivity contribution is -0.126. The van der Waals surface area contributed by atoms with Gasteiger partial charge in [-0.05, 0) is 31.1 Å². The molecular weight excluding hydrogens is 204 g/mol. The second-order valence-electron chi connectivity index (χ2n) is 5.23. The second kappa shape index (κ2) is 3.31. The summed E-state index contributed by atoms with van der Waals surface area (Å²) in [5, 5.41) is 11.6. The summed E-state index contributed by atoms with van der Waals surface area (Å²) in [7, 11) is 0. The van der Waals surface area contributed by atoms with Gasteiger partial charge in [-0.1, -0.05) is 6.42 Å². The smallest absolute Gasteiger partial charge is 0.230 e. The first kappa shape index (κ1) is 9.83. The molecule has 0 radical (unpaired) electrons. The van der Waals surface area contributed by atoms with Crippen molar-refractivity contribution in [1.82, 2.24) is 5.32 Å². The first-order valence-corrected chi connectivity index (χ1v) is 5.96. The average Bonchev–Trinajstić information content (AvgIpc) is 2.49. The minimum atomic E-state index is -0.210. The summed E-state index contributed by atoms with van der Waals surface area (Å²) in [6, 6.07) is 2.33. The number of nitriles is 1. The van der Waals surface area contributed by atoms with Crippen LogP contribution in [0.4, 0.5) is 0 Å². The quantitative estimate of drug-likeness (QED) is 0.612. The van der Waals surface area contributed by atoms with Crippen molar-refractivity contribution in [2.45, 2.75) is 25.7 Å². The summed E-state index contributed by atoms with van der Waals surface area (Å²) in [4.78, 5) is 23.5. The van der Waals surface area contributed by atoms with Gasteiger partial charge in [0.05, 0.1) is 23.8 Å². The number of nitrogens with zero attached hydrogens (tertiary/aromatic N) is 1. The Kier molecular flexibility index (Phi) is 2.03. The van der Waals surface area contributed by atoms with Gasteiger partial charge >= 0.3 is 0 Å². The summed E-state index contributed by atoms with van der Waals surface area (Å²) >= 11 is 0. The van der Waals surface area contributed by atoms with Crippen LogP contribution in [0.2, 0.25) is 0 Å². The van der Waals surface area contributed by atoms with Crippen LogP contribution in [0.25, 0.3) is 0 Å². The average molecular weight is 218 g/mol. The summed E-state index contributed by atoms with van der Waals surface area (Å²) in [6.07, 6.45) is 3.79. The number of amides is 2. The van der Waals surface area contributed by atoms with Gasteiger partial charge < -0.3 is 0 Å². The molecule has 1 N–H and O–H groups in total. The standard InChI is InChI=1S/C12H14N2O2/c13-5-7-4-6-2-1-3-8(7)10-9(6)11(15)14-12(10)16/h6-10H,1-4H2,(H,14,15,16)/t6-,7?,8-,9-,10+/m0/s1. The molecule has 4 nitrogen and oxygen atoms in total. The molecule has 0 aromatic carbocycles. The van der Waals surface area contributed by atoms with Crippen molar-refractivity contribution in [2.24, 2.45) is 29.6 Å². The maximum Gasteiger partial charge on any atom is 0.230 e. The van der Waals surface area contributed by atoms with Gasteiger partial charge in [-0.25, -0.2) is 0 Å². The summed E-state index contributed by atoms with van der Waals surface area (Å²) in [5.74, 6) is -0.233. The highest BCUT2D eigenvalue weighted by molar-refractivity contribution is 6.05. The van der Waals surface area contributed by atoms with Crippen LogP contribution in [0.5, 0.6) is 0 Å². The molecule has 0 aromatic heterocycles. The van der Waals surface area contributed by atoms with Crippen molar-refractivity contribution in [3.63, 3.8) is 0 Å². The van der Waals surface area contributed by atoms with E-state index in [1.807, 2.05) is 0 Å². The Hall–Kier alpha value is -1.37. The maximum absolute atomic E-state index is 11.8. The lowest BCUT2D eigenvalue weighted by atomic mass is 9.64. The van der Waals surface area contributed by atoms with Gasteiger partial charge in [0.1, 0.15) is 0 Å². The largest absolute Gasteiger partial charge is 0.296 e. The second-order valence-corrected chi connectivity index (χ2v) is 5.23. The number of carbonyl (C=O) groups is 2. The van der Waals surface area contributed by atoms with E-state index in [1.165, 1.54) is 0 Å². The number of nitrogens with one attached hydrogen (secondary N) is 1. The monoisotopic (exact) mass is 218 g/mol. The van der Waals surface area contributed by atoms with Crippen molar-refractivity contribution in [3.8, 4) is 6.07 Å². The van der Waals surface area contributed by atoms with Crippen molar-refractivity contribution in [1.29, 1.82) is 5.26 Å². The fourth-order valence-electron chi connectivity index (χ4n) is 3.92. The van der Waals surface area contributed by atoms with Crippen LogP contribution in [-0.4, -0.2) is 11.8 Å². The zero-order chi connectivity index (χ0) is 11.3. The predicted molar refractivity (Wildman–Crippen MR) is 54.7 cm³/mol. The fraction of sp³-hybridized carbons (Fsp3) is 0.750. The van der Waals surface area contributed by atoms with E-state index in [0.29, 0.717) is 0 Å². The lowest BCUT2D eigenvalue weighted by Gasteiger charge is -2.35. The van der Waals surface area contributed by atoms with Crippen LogP contribution in [-0.2, 0) is 9.59 Å². The molecule has 1 unspecified atom stereocenters. The molecule has 4 rings (SSSR count). The van der Waals surface area contributed by atoms with Gasteiger partial charge in [0.2, 0.25) is 11.8 Å². The van der Waals surface area contributed by atoms with E-state index in [1.54, 1.807) is 0 Å². The van der Waals surface area contributed by atoms with Gasteiger partial charge in [0.15, 0.2) is 0 Å². The molecule has 3 saturated carbocycles. The Bertz CT molecular complexity index is 398. The van der Waals surface area contributed by atoms with E-state index in [4.69, 9.17) is 5.26 Å². The molecule has 4 fully saturated rings. The summed E-state index contributed by atoms with van der Waals surface area (Å²) < 4.78 is 0. The third kappa shape index (κ3) is 1.14. The molecule has 1 heterocycles. The van der Waals surface area contributed by atoms with Crippen LogP contribution in [0, 0.1) is 40.9 Å². The molecule has 5 atom stereocenters. The minimum Gasteiger partial charge on any atom is -0.296 e. The first-order chi connectivity index (χ1) is 7.72. The third-order valence-corrected chi connectivity index (χ3v) is 4.56. The third-order valence-electron chi connectivity index (χ3n) is 4.56. The molecule has 4 heteroatoms. The number of hydrogen-bond acceptors (Lipinski definition) is 3. The number of carbonyl (C=O) groups excluding carboxylic acids is 2. The van der Waals surface area contributed by atoms with Crippen LogP contribution in [0.3, 0.4) is 0 Å². The number of hydrogen-bond donors (Lipinski definition) is 1. The van der Waals surface area contributed by atoms with Crippen molar-refractivity contribution >= 4 is 11.8 Å². The Morgan fingerprint density at radius 1 is 1.19 bits per heavy atom. The Morgan fingerprint density at radius 3 is 2.69 bits per heavy atom. The van der Waals surface area contributed by atoms with Gasteiger partial charge in [0, 0.05) is 0 Å². The highest BCUT2D eigenvalue weighted by Crippen LogP contribution is 2.51. The van der Waals surface area contributed by atoms with E-state index in [9.17, 15) is 9.59 Å². The van der Waals surface area contributed by atoms with Crippen LogP contribution in [0.1, 0.15) is 25.7 Å². The van der Waals surface area contributed by atoms with E-state index in [0.717, 1.165) is 25.7 Å². The van der Waals surface area contributed by atoms with Crippen molar-refractivity contribution in [2.75, 3.05) is 0 Å². The van der Waals surface area contributed by atoms with Crippen molar-refractivity contribution in [3.05, 3.63) is 0 Å². The maximum atomic E-state index is 11.8. The molecular formula is C12H14N2O2. The van der Waals surface area contributed by atoms with E-state index < -0.39 is 0 Å². The van der Waals surface area contributed by atoms with Gasteiger partial charge in [-0.3, -0.25) is 14.9 Å². The molecule has 0 spiro atoms. The zero-order valence-corrected chi connectivity index (χ0v) is 8.98. The number of fused-ring (bicyclic) bond motifs is 3. The first-order valence-electron chi connectivity index (χ1n) is 5.96. The van der Waals surface area contributed by atoms with Crippen molar-refractivity contribution < 1.29 is 9.59 Å². The van der Waals surface area contributed by atoms with Gasteiger partial charge in [0.25, 0.3) is 0 Å². The number of rotatable bonds is 0. The minimum absolute atomic E-state index is 0.0228. The molecule has 2 bridgehead atoms. The highest BCUT2D eigenvalue weighted by atomic mass is 16.2. The summed E-state index contributed by atoms with van der Waals surface area (Å²) in [5.41, 5.74) is 0. The van der Waals surface area contributed by atoms with Crippen LogP contribution < -0.4 is 5.32 Å². The molecule has 4 aliphatic rings. The van der Waals surface area contributed by atoms with Gasteiger partial charge in [-0.15, -0.1) is 0 Å². The SMILES string of the molecule is N#CC1C[C@@H]2CCC[C@@H]1[C@H]1C(=O)NC(=O)[C@@H]21. The van der Waals surface area contributed by atoms with Gasteiger partial charge in [-0.2, -0.15) is 5.26 Å². The molecule has 0 aromatic rings. The highest BCUT2D eigenvalue weighted by Gasteiger charge is 2.56. The topological polar surface area (TPSA) is 70.0 Å². The van der Waals surface area contributed by atoms with E-state index in [-0.39, 0.29) is 41.4 Å². The Balaban J connectivity index is 2.03. The number of imide groups is 1.